The highest BCUT2D eigenvalue weighted by Gasteiger charge is 2.21. The molecule has 0 radical (unpaired) electrons. The lowest BCUT2D eigenvalue weighted by Gasteiger charge is -2.13. The predicted molar refractivity (Wildman–Crippen MR) is 84.1 cm³/mol. The second-order valence-electron chi connectivity index (χ2n) is 5.06. The number of hydrogen-bond donors (Lipinski definition) is 1. The maximum absolute atomic E-state index is 11.1. The highest BCUT2D eigenvalue weighted by atomic mass is 16.6. The van der Waals surface area contributed by atoms with Crippen molar-refractivity contribution >= 4 is 11.9 Å². The topological polar surface area (TPSA) is 72.8 Å². The molecule has 2 aromatic rings. The molecule has 0 fully saturated rings. The van der Waals surface area contributed by atoms with Crippen molar-refractivity contribution in [2.75, 3.05) is 0 Å². The lowest BCUT2D eigenvalue weighted by atomic mass is 10.1. The summed E-state index contributed by atoms with van der Waals surface area (Å²) >= 11 is 0. The van der Waals surface area contributed by atoms with Crippen molar-refractivity contribution in [1.29, 1.82) is 0 Å². The monoisotopic (exact) mass is 314 g/mol. The van der Waals surface area contributed by atoms with Crippen molar-refractivity contribution in [1.82, 2.24) is 0 Å². The van der Waals surface area contributed by atoms with Gasteiger partial charge in [-0.1, -0.05) is 42.5 Å². The molecular weight excluding hydrogens is 296 g/mol. The fourth-order valence-electron chi connectivity index (χ4n) is 2.06. The van der Waals surface area contributed by atoms with Crippen molar-refractivity contribution in [2.45, 2.75) is 26.1 Å². The average molecular weight is 314 g/mol. The Morgan fingerprint density at radius 3 is 2.22 bits per heavy atom. The van der Waals surface area contributed by atoms with Crippen molar-refractivity contribution in [3.8, 4) is 5.75 Å². The first kappa shape index (κ1) is 16.5. The Labute approximate surface area is 134 Å². The molecular formula is C18H18O5. The molecule has 0 amide bonds. The van der Waals surface area contributed by atoms with Gasteiger partial charge in [0.05, 0.1) is 0 Å². The number of carboxylic acids is 1. The minimum Gasteiger partial charge on any atom is -0.489 e. The van der Waals surface area contributed by atoms with E-state index in [4.69, 9.17) is 14.6 Å². The highest BCUT2D eigenvalue weighted by molar-refractivity contribution is 5.77. The molecule has 0 saturated heterocycles. The van der Waals surface area contributed by atoms with Crippen LogP contribution in [0.3, 0.4) is 0 Å². The van der Waals surface area contributed by atoms with Crippen LogP contribution in [0.15, 0.2) is 54.6 Å². The molecule has 0 aliphatic heterocycles. The van der Waals surface area contributed by atoms with E-state index in [1.165, 1.54) is 6.92 Å². The van der Waals surface area contributed by atoms with Gasteiger partial charge in [-0.15, -0.1) is 0 Å². The van der Waals surface area contributed by atoms with Gasteiger partial charge >= 0.3 is 11.9 Å². The van der Waals surface area contributed by atoms with Crippen molar-refractivity contribution in [3.63, 3.8) is 0 Å². The van der Waals surface area contributed by atoms with E-state index in [9.17, 15) is 9.59 Å². The Morgan fingerprint density at radius 2 is 1.65 bits per heavy atom. The molecule has 1 atom stereocenters. The molecule has 2 rings (SSSR count). The van der Waals surface area contributed by atoms with Crippen LogP contribution < -0.4 is 4.74 Å². The van der Waals surface area contributed by atoms with Crippen molar-refractivity contribution < 1.29 is 24.2 Å². The molecule has 0 saturated carbocycles. The van der Waals surface area contributed by atoms with E-state index in [-0.39, 0.29) is 6.42 Å². The van der Waals surface area contributed by atoms with Crippen molar-refractivity contribution in [2.24, 2.45) is 0 Å². The quantitative estimate of drug-likeness (QED) is 0.796. The lowest BCUT2D eigenvalue weighted by molar-refractivity contribution is -0.162. The number of esters is 1. The van der Waals surface area contributed by atoms with Crippen LogP contribution in [0.4, 0.5) is 0 Å². The maximum atomic E-state index is 11.1. The fourth-order valence-corrected chi connectivity index (χ4v) is 2.06. The molecule has 23 heavy (non-hydrogen) atoms. The maximum Gasteiger partial charge on any atom is 0.345 e. The third-order valence-corrected chi connectivity index (χ3v) is 3.18. The smallest absolute Gasteiger partial charge is 0.345 e. The molecule has 0 aromatic heterocycles. The SMILES string of the molecule is CC(=O)O[C@H](Cc1ccc(OCc2ccccc2)cc1)C(=O)O. The summed E-state index contributed by atoms with van der Waals surface area (Å²) in [7, 11) is 0. The van der Waals surface area contributed by atoms with Gasteiger partial charge in [0, 0.05) is 13.3 Å². The van der Waals surface area contributed by atoms with Gasteiger partial charge in [-0.25, -0.2) is 4.79 Å². The molecule has 0 heterocycles. The molecule has 0 spiro atoms. The number of benzene rings is 2. The number of carbonyl (C=O) groups excluding carboxylic acids is 1. The first-order valence-corrected chi connectivity index (χ1v) is 7.20. The van der Waals surface area contributed by atoms with E-state index in [1.807, 2.05) is 30.3 Å². The molecule has 1 N–H and O–H groups in total. The molecule has 0 aliphatic carbocycles. The van der Waals surface area contributed by atoms with Gasteiger partial charge in [0.25, 0.3) is 0 Å². The lowest BCUT2D eigenvalue weighted by Crippen LogP contribution is -2.28. The van der Waals surface area contributed by atoms with Gasteiger partial charge < -0.3 is 14.6 Å². The minimum absolute atomic E-state index is 0.119. The van der Waals surface area contributed by atoms with Crippen LogP contribution >= 0.6 is 0 Å². The van der Waals surface area contributed by atoms with Gasteiger partial charge in [0.1, 0.15) is 12.4 Å². The summed E-state index contributed by atoms with van der Waals surface area (Å²) in [4.78, 5) is 22.0. The largest absolute Gasteiger partial charge is 0.489 e. The van der Waals surface area contributed by atoms with Crippen LogP contribution in [0.5, 0.6) is 5.75 Å². The first-order chi connectivity index (χ1) is 11.0. The number of carbonyl (C=O) groups is 2. The van der Waals surface area contributed by atoms with E-state index in [0.29, 0.717) is 12.4 Å². The second kappa shape index (κ2) is 7.98. The van der Waals surface area contributed by atoms with E-state index >= 15 is 0 Å². The van der Waals surface area contributed by atoms with E-state index in [0.717, 1.165) is 11.1 Å². The fraction of sp³-hybridized carbons (Fsp3) is 0.222. The Hall–Kier alpha value is -2.82. The number of hydrogen-bond acceptors (Lipinski definition) is 4. The Bertz CT molecular complexity index is 649. The van der Waals surface area contributed by atoms with Gasteiger partial charge in [-0.3, -0.25) is 4.79 Å². The molecule has 5 nitrogen and oxygen atoms in total. The van der Waals surface area contributed by atoms with Crippen LogP contribution in [0.1, 0.15) is 18.1 Å². The molecule has 120 valence electrons. The number of rotatable bonds is 7. The van der Waals surface area contributed by atoms with Crippen LogP contribution in [-0.4, -0.2) is 23.1 Å². The Kier molecular flexibility index (Phi) is 5.74. The van der Waals surface area contributed by atoms with E-state index in [1.54, 1.807) is 24.3 Å². The standard InChI is InChI=1S/C18H18O5/c1-13(19)23-17(18(20)21)11-14-7-9-16(10-8-14)22-12-15-5-3-2-4-6-15/h2-10,17H,11-12H2,1H3,(H,20,21)/t17-/m1/s1. The summed E-state index contributed by atoms with van der Waals surface area (Å²) in [5.41, 5.74) is 1.82. The highest BCUT2D eigenvalue weighted by Crippen LogP contribution is 2.16. The summed E-state index contributed by atoms with van der Waals surface area (Å²) in [6.45, 7) is 1.65. The summed E-state index contributed by atoms with van der Waals surface area (Å²) in [5.74, 6) is -1.08. The van der Waals surface area contributed by atoms with Gasteiger partial charge in [0.2, 0.25) is 6.10 Å². The normalized spacial score (nSPS) is 11.5. The third kappa shape index (κ3) is 5.47. The summed E-state index contributed by atoms with van der Waals surface area (Å²) in [5, 5.41) is 9.05. The zero-order valence-corrected chi connectivity index (χ0v) is 12.8. The van der Waals surface area contributed by atoms with Crippen molar-refractivity contribution in [3.05, 3.63) is 65.7 Å². The van der Waals surface area contributed by atoms with Crippen LogP contribution in [0, 0.1) is 0 Å². The molecule has 0 unspecified atom stereocenters. The zero-order chi connectivity index (χ0) is 16.7. The molecule has 5 heteroatoms. The number of carboxylic acid groups (broad SMARTS) is 1. The van der Waals surface area contributed by atoms with Crippen LogP contribution in [0.25, 0.3) is 0 Å². The number of aliphatic carboxylic acids is 1. The molecule has 2 aromatic carbocycles. The van der Waals surface area contributed by atoms with Gasteiger partial charge in [-0.05, 0) is 23.3 Å². The number of ether oxygens (including phenoxy) is 2. The first-order valence-electron chi connectivity index (χ1n) is 7.20. The van der Waals surface area contributed by atoms with Crippen LogP contribution in [-0.2, 0) is 27.4 Å². The summed E-state index contributed by atoms with van der Waals surface area (Å²) < 4.78 is 10.4. The van der Waals surface area contributed by atoms with Gasteiger partial charge in [-0.2, -0.15) is 0 Å². The van der Waals surface area contributed by atoms with Crippen LogP contribution in [0.2, 0.25) is 0 Å². The van der Waals surface area contributed by atoms with E-state index < -0.39 is 18.0 Å². The summed E-state index contributed by atoms with van der Waals surface area (Å²) in [6, 6.07) is 16.9. The second-order valence-corrected chi connectivity index (χ2v) is 5.06. The van der Waals surface area contributed by atoms with E-state index in [2.05, 4.69) is 0 Å². The third-order valence-electron chi connectivity index (χ3n) is 3.18. The van der Waals surface area contributed by atoms with Gasteiger partial charge in [0.15, 0.2) is 0 Å². The Balaban J connectivity index is 1.93. The predicted octanol–water partition coefficient (Wildman–Crippen LogP) is 2.82. The average Bonchev–Trinajstić information content (AvgIpc) is 2.54. The minimum atomic E-state index is -1.18. The molecule has 0 bridgehead atoms. The summed E-state index contributed by atoms with van der Waals surface area (Å²) in [6.07, 6.45) is -1.06. The zero-order valence-electron chi connectivity index (χ0n) is 12.8. The Morgan fingerprint density at radius 1 is 1.00 bits per heavy atom. The molecule has 0 aliphatic rings.